The number of hydrogen-bond donors (Lipinski definition) is 2. The fourth-order valence-corrected chi connectivity index (χ4v) is 3.30. The molecule has 0 unspecified atom stereocenters. The van der Waals surface area contributed by atoms with Gasteiger partial charge in [-0.3, -0.25) is 0 Å². The van der Waals surface area contributed by atoms with Gasteiger partial charge in [0.05, 0.1) is 18.2 Å². The minimum atomic E-state index is -4.58. The topological polar surface area (TPSA) is 83.6 Å². The molecule has 0 radical (unpaired) electrons. The van der Waals surface area contributed by atoms with Crippen LogP contribution in [0.2, 0.25) is 5.02 Å². The lowest BCUT2D eigenvalue weighted by molar-refractivity contribution is 0.113. The van der Waals surface area contributed by atoms with E-state index in [1.807, 2.05) is 0 Å². The van der Waals surface area contributed by atoms with Crippen LogP contribution in [0.3, 0.4) is 0 Å². The van der Waals surface area contributed by atoms with Crippen molar-refractivity contribution in [3.8, 4) is 0 Å². The highest BCUT2D eigenvalue weighted by molar-refractivity contribution is 7.89. The number of alkyl halides is 2. The maximum Gasteiger partial charge on any atom is 0.252 e. The van der Waals surface area contributed by atoms with Gasteiger partial charge in [-0.25, -0.2) is 21.6 Å². The van der Waals surface area contributed by atoms with Crippen molar-refractivity contribution in [2.24, 2.45) is 0 Å². The van der Waals surface area contributed by atoms with Crippen molar-refractivity contribution in [3.05, 3.63) is 23.0 Å². The van der Waals surface area contributed by atoms with Gasteiger partial charge in [0, 0.05) is 12.2 Å². The second-order valence-corrected chi connectivity index (χ2v) is 6.11. The Labute approximate surface area is 118 Å². The molecule has 10 heteroatoms. The molecule has 3 N–H and O–H groups in total. The fourth-order valence-electron chi connectivity index (χ4n) is 1.49. The van der Waals surface area contributed by atoms with Crippen molar-refractivity contribution in [1.82, 2.24) is 4.31 Å². The molecule has 0 aromatic heterocycles. The van der Waals surface area contributed by atoms with Crippen molar-refractivity contribution in [1.29, 1.82) is 0 Å². The van der Waals surface area contributed by atoms with Crippen LogP contribution in [0, 0.1) is 5.82 Å². The fraction of sp³-hybridized carbons (Fsp3) is 0.400. The minimum absolute atomic E-state index is 0.129. The first-order chi connectivity index (χ1) is 9.20. The minimum Gasteiger partial charge on any atom is -0.399 e. The monoisotopic (exact) mass is 332 g/mol. The van der Waals surface area contributed by atoms with Crippen molar-refractivity contribution >= 4 is 27.3 Å². The zero-order chi connectivity index (χ0) is 15.5. The molecule has 5 nitrogen and oxygen atoms in total. The molecule has 0 amide bonds. The van der Waals surface area contributed by atoms with E-state index in [-0.39, 0.29) is 9.99 Å². The van der Waals surface area contributed by atoms with Crippen LogP contribution in [0.5, 0.6) is 0 Å². The van der Waals surface area contributed by atoms with Crippen molar-refractivity contribution in [2.75, 3.05) is 25.4 Å². The summed E-state index contributed by atoms with van der Waals surface area (Å²) in [5.41, 5.74) is 5.24. The predicted molar refractivity (Wildman–Crippen MR) is 67.7 cm³/mol. The Bertz CT molecular complexity index is 583. The van der Waals surface area contributed by atoms with Crippen LogP contribution in [0.4, 0.5) is 18.9 Å². The van der Waals surface area contributed by atoms with E-state index in [0.717, 1.165) is 12.1 Å². The molecule has 0 saturated heterocycles. The number of aliphatic hydroxyl groups excluding tert-OH is 1. The van der Waals surface area contributed by atoms with Crippen molar-refractivity contribution in [3.63, 3.8) is 0 Å². The number of hydrogen-bond acceptors (Lipinski definition) is 4. The molecule has 0 bridgehead atoms. The highest BCUT2D eigenvalue weighted by Gasteiger charge is 2.30. The first kappa shape index (κ1) is 17.0. The van der Waals surface area contributed by atoms with E-state index in [0.29, 0.717) is 0 Å². The van der Waals surface area contributed by atoms with Gasteiger partial charge >= 0.3 is 0 Å². The van der Waals surface area contributed by atoms with Gasteiger partial charge < -0.3 is 10.8 Å². The van der Waals surface area contributed by atoms with Gasteiger partial charge in [0.15, 0.2) is 5.82 Å². The maximum absolute atomic E-state index is 13.8. The van der Waals surface area contributed by atoms with Gasteiger partial charge in [-0.15, -0.1) is 0 Å². The Hall–Kier alpha value is -1.03. The number of aliphatic hydroxyl groups is 1. The first-order valence-corrected chi connectivity index (χ1v) is 7.15. The number of benzene rings is 1. The molecule has 0 fully saturated rings. The third kappa shape index (κ3) is 3.75. The molecule has 0 heterocycles. The molecule has 1 aromatic carbocycles. The summed E-state index contributed by atoms with van der Waals surface area (Å²) in [5, 5.41) is 8.21. The average molecular weight is 333 g/mol. The van der Waals surface area contributed by atoms with Crippen LogP contribution in [0.25, 0.3) is 0 Å². The second kappa shape index (κ2) is 6.61. The highest BCUT2D eigenvalue weighted by Crippen LogP contribution is 2.28. The predicted octanol–water partition coefficient (Wildman–Crippen LogP) is 1.31. The summed E-state index contributed by atoms with van der Waals surface area (Å²) in [6.45, 7) is -2.46. The van der Waals surface area contributed by atoms with E-state index in [1.54, 1.807) is 0 Å². The molecular weight excluding hydrogens is 321 g/mol. The summed E-state index contributed by atoms with van der Waals surface area (Å²) in [6, 6.07) is 1.78. The van der Waals surface area contributed by atoms with Crippen LogP contribution in [-0.2, 0) is 10.0 Å². The quantitative estimate of drug-likeness (QED) is 0.769. The second-order valence-electron chi connectivity index (χ2n) is 3.79. The first-order valence-electron chi connectivity index (χ1n) is 5.33. The number of sulfonamides is 1. The normalized spacial score (nSPS) is 12.3. The number of nitrogen functional groups attached to an aromatic ring is 1. The zero-order valence-corrected chi connectivity index (χ0v) is 11.6. The summed E-state index contributed by atoms with van der Waals surface area (Å²) in [7, 11) is -4.58. The molecule has 0 aliphatic heterocycles. The van der Waals surface area contributed by atoms with E-state index in [4.69, 9.17) is 22.4 Å². The van der Waals surface area contributed by atoms with E-state index in [2.05, 4.69) is 0 Å². The van der Waals surface area contributed by atoms with Crippen LogP contribution in [-0.4, -0.2) is 44.0 Å². The number of nitrogens with two attached hydrogens (primary N) is 1. The van der Waals surface area contributed by atoms with E-state index in [1.165, 1.54) is 0 Å². The molecule has 1 rings (SSSR count). The van der Waals surface area contributed by atoms with Gasteiger partial charge in [-0.05, 0) is 12.1 Å². The third-order valence-corrected chi connectivity index (χ3v) is 4.47. The molecular formula is C10H12ClF3N2O3S. The van der Waals surface area contributed by atoms with E-state index < -0.39 is 51.9 Å². The molecule has 0 spiro atoms. The maximum atomic E-state index is 13.8. The Morgan fingerprint density at radius 3 is 2.50 bits per heavy atom. The van der Waals surface area contributed by atoms with E-state index in [9.17, 15) is 21.6 Å². The van der Waals surface area contributed by atoms with E-state index >= 15 is 0 Å². The molecule has 0 atom stereocenters. The van der Waals surface area contributed by atoms with Crippen molar-refractivity contribution < 1.29 is 26.7 Å². The molecule has 0 aliphatic carbocycles. The van der Waals surface area contributed by atoms with Gasteiger partial charge in [-0.2, -0.15) is 4.31 Å². The molecule has 114 valence electrons. The lowest BCUT2D eigenvalue weighted by atomic mass is 10.3. The van der Waals surface area contributed by atoms with Crippen LogP contribution >= 0.6 is 11.6 Å². The number of anilines is 1. The number of halogens is 4. The SMILES string of the molecule is Nc1cc(Cl)c(F)c(S(=O)(=O)N(CCO)CC(F)F)c1. The zero-order valence-electron chi connectivity index (χ0n) is 10.1. The van der Waals surface area contributed by atoms with Gasteiger partial charge in [-0.1, -0.05) is 11.6 Å². The molecule has 0 aliphatic rings. The lowest BCUT2D eigenvalue weighted by Crippen LogP contribution is -2.37. The van der Waals surface area contributed by atoms with Gasteiger partial charge in [0.25, 0.3) is 6.43 Å². The van der Waals surface area contributed by atoms with Gasteiger partial charge in [0.2, 0.25) is 10.0 Å². The Morgan fingerprint density at radius 2 is 2.00 bits per heavy atom. The molecule has 1 aromatic rings. The molecule has 0 saturated carbocycles. The number of rotatable bonds is 6. The molecule has 20 heavy (non-hydrogen) atoms. The van der Waals surface area contributed by atoms with Crippen LogP contribution in [0.15, 0.2) is 17.0 Å². The summed E-state index contributed by atoms with van der Waals surface area (Å²) in [4.78, 5) is -0.906. The van der Waals surface area contributed by atoms with Crippen LogP contribution in [0.1, 0.15) is 0 Å². The summed E-state index contributed by atoms with van der Waals surface area (Å²) >= 11 is 5.48. The van der Waals surface area contributed by atoms with Crippen molar-refractivity contribution in [2.45, 2.75) is 11.3 Å². The number of nitrogens with zero attached hydrogens (tertiary/aromatic N) is 1. The third-order valence-electron chi connectivity index (χ3n) is 2.33. The Balaban J connectivity index is 3.33. The average Bonchev–Trinajstić information content (AvgIpc) is 2.32. The van der Waals surface area contributed by atoms with Gasteiger partial charge in [0.1, 0.15) is 4.90 Å². The van der Waals surface area contributed by atoms with Crippen LogP contribution < -0.4 is 5.73 Å². The standard InChI is InChI=1S/C10H12ClF3N2O3S/c11-7-3-6(15)4-8(10(7)14)20(18,19)16(1-2-17)5-9(12)13/h3-4,9,17H,1-2,5,15H2. The summed E-state index contributed by atoms with van der Waals surface area (Å²) in [5.74, 6) is -1.28. The smallest absolute Gasteiger partial charge is 0.252 e. The summed E-state index contributed by atoms with van der Waals surface area (Å²) < 4.78 is 63.0. The highest BCUT2D eigenvalue weighted by atomic mass is 35.5. The Kier molecular flexibility index (Phi) is 5.63. The largest absolute Gasteiger partial charge is 0.399 e. The summed E-state index contributed by atoms with van der Waals surface area (Å²) in [6.07, 6.45) is -2.98. The lowest BCUT2D eigenvalue weighted by Gasteiger charge is -2.21. The Morgan fingerprint density at radius 1 is 1.40 bits per heavy atom.